The van der Waals surface area contributed by atoms with E-state index in [1.165, 1.54) is 4.88 Å². The molecule has 0 aliphatic heterocycles. The minimum Gasteiger partial charge on any atom is -0.462 e. The lowest BCUT2D eigenvalue weighted by Gasteiger charge is -2.04. The molecule has 122 valence electrons. The summed E-state index contributed by atoms with van der Waals surface area (Å²) in [5.41, 5.74) is 1.03. The van der Waals surface area contributed by atoms with Gasteiger partial charge >= 0.3 is 0 Å². The summed E-state index contributed by atoms with van der Waals surface area (Å²) >= 11 is 5.04. The monoisotopic (exact) mass is 374 g/mol. The molecule has 0 unspecified atom stereocenters. The van der Waals surface area contributed by atoms with Crippen LogP contribution in [-0.4, -0.2) is 19.7 Å². The average Bonchev–Trinajstić information content (AvgIpc) is 3.40. The molecule has 24 heavy (non-hydrogen) atoms. The topological polar surface area (TPSA) is 56.7 Å². The van der Waals surface area contributed by atoms with Gasteiger partial charge in [-0.3, -0.25) is 0 Å². The maximum absolute atomic E-state index is 5.39. The van der Waals surface area contributed by atoms with Crippen LogP contribution < -0.4 is 0 Å². The molecule has 0 radical (unpaired) electrons. The van der Waals surface area contributed by atoms with Gasteiger partial charge in [-0.2, -0.15) is 0 Å². The summed E-state index contributed by atoms with van der Waals surface area (Å²) in [6.07, 6.45) is 4.47. The number of hydrogen-bond acceptors (Lipinski definition) is 7. The fourth-order valence-corrected chi connectivity index (χ4v) is 4.64. The smallest absolute Gasteiger partial charge is 0.191 e. The molecule has 4 aromatic rings. The molecule has 4 rings (SSSR count). The van der Waals surface area contributed by atoms with E-state index < -0.39 is 0 Å². The molecule has 0 atom stereocenters. The van der Waals surface area contributed by atoms with Crippen molar-refractivity contribution in [1.29, 1.82) is 0 Å². The Bertz CT molecular complexity index is 880. The number of aryl methyl sites for hydroxylation is 2. The molecule has 0 fully saturated rings. The van der Waals surface area contributed by atoms with Crippen LogP contribution in [0, 0.1) is 0 Å². The van der Waals surface area contributed by atoms with E-state index in [1.54, 1.807) is 47.0 Å². The fourth-order valence-electron chi connectivity index (χ4n) is 2.22. The molecular formula is C16H14N4OS3. The molecule has 0 saturated carbocycles. The Balaban J connectivity index is 1.37. The zero-order valence-electron chi connectivity index (χ0n) is 12.7. The molecule has 8 heteroatoms. The lowest BCUT2D eigenvalue weighted by molar-refractivity contribution is 0.581. The van der Waals surface area contributed by atoms with Crippen molar-refractivity contribution in [3.05, 3.63) is 58.2 Å². The summed E-state index contributed by atoms with van der Waals surface area (Å²) in [4.78, 5) is 5.99. The third kappa shape index (κ3) is 3.61. The molecule has 0 aliphatic carbocycles. The van der Waals surface area contributed by atoms with Gasteiger partial charge in [0.25, 0.3) is 0 Å². The Morgan fingerprint density at radius 2 is 2.21 bits per heavy atom. The number of rotatable bonds is 7. The Morgan fingerprint density at radius 1 is 1.21 bits per heavy atom. The maximum atomic E-state index is 5.39. The van der Waals surface area contributed by atoms with E-state index in [4.69, 9.17) is 4.42 Å². The molecular weight excluding hydrogens is 360 g/mol. The summed E-state index contributed by atoms with van der Waals surface area (Å²) in [5, 5.41) is 14.3. The summed E-state index contributed by atoms with van der Waals surface area (Å²) in [6, 6.07) is 8.05. The number of thiophene rings is 1. The van der Waals surface area contributed by atoms with E-state index in [2.05, 4.69) is 42.6 Å². The summed E-state index contributed by atoms with van der Waals surface area (Å²) in [7, 11) is 0. The van der Waals surface area contributed by atoms with E-state index in [-0.39, 0.29) is 0 Å². The van der Waals surface area contributed by atoms with E-state index in [9.17, 15) is 0 Å². The molecule has 0 saturated heterocycles. The number of hydrogen-bond donors (Lipinski definition) is 0. The van der Waals surface area contributed by atoms with Gasteiger partial charge in [-0.25, -0.2) is 4.98 Å². The molecule has 5 nitrogen and oxygen atoms in total. The second kappa shape index (κ2) is 7.33. The molecule has 4 aromatic heterocycles. The van der Waals surface area contributed by atoms with Gasteiger partial charge in [0, 0.05) is 22.6 Å². The predicted octanol–water partition coefficient (Wildman–Crippen LogP) is 4.59. The van der Waals surface area contributed by atoms with Crippen LogP contribution in [-0.2, 0) is 18.7 Å². The van der Waals surface area contributed by atoms with Crippen molar-refractivity contribution >= 4 is 34.4 Å². The minimum atomic E-state index is 0.773. The Labute approximate surface area is 151 Å². The summed E-state index contributed by atoms with van der Waals surface area (Å²) in [6.45, 7) is 0.893. The van der Waals surface area contributed by atoms with Crippen LogP contribution in [0.5, 0.6) is 0 Å². The minimum absolute atomic E-state index is 0.773. The first-order valence-electron chi connectivity index (χ1n) is 7.40. The highest BCUT2D eigenvalue weighted by Gasteiger charge is 2.10. The van der Waals surface area contributed by atoms with Crippen molar-refractivity contribution in [2.75, 3.05) is 0 Å². The lowest BCUT2D eigenvalue weighted by Crippen LogP contribution is -2.01. The van der Waals surface area contributed by atoms with Crippen molar-refractivity contribution in [1.82, 2.24) is 19.7 Å². The normalized spacial score (nSPS) is 11.2. The van der Waals surface area contributed by atoms with Crippen molar-refractivity contribution < 1.29 is 4.42 Å². The summed E-state index contributed by atoms with van der Waals surface area (Å²) < 4.78 is 7.49. The van der Waals surface area contributed by atoms with E-state index in [0.717, 1.165) is 40.3 Å². The lowest BCUT2D eigenvalue weighted by atomic mass is 10.3. The van der Waals surface area contributed by atoms with Gasteiger partial charge in [0.15, 0.2) is 15.9 Å². The zero-order chi connectivity index (χ0) is 16.2. The Kier molecular flexibility index (Phi) is 4.77. The third-order valence-corrected chi connectivity index (χ3v) is 6.25. The predicted molar refractivity (Wildman–Crippen MR) is 97.4 cm³/mol. The average molecular weight is 375 g/mol. The number of nitrogens with zero attached hydrogens (tertiary/aromatic N) is 4. The van der Waals surface area contributed by atoms with Gasteiger partial charge in [0.05, 0.1) is 12.0 Å². The highest BCUT2D eigenvalue weighted by Crippen LogP contribution is 2.27. The fraction of sp³-hybridized carbons (Fsp3) is 0.188. The SMILES string of the molecule is c1coc(-c2nc(CSc3nncn3CCc3cccs3)cs2)c1. The number of aromatic nitrogens is 4. The van der Waals surface area contributed by atoms with Crippen LogP contribution in [0.1, 0.15) is 10.6 Å². The van der Waals surface area contributed by atoms with Crippen LogP contribution in [0.15, 0.2) is 57.2 Å². The molecule has 0 amide bonds. The van der Waals surface area contributed by atoms with Crippen LogP contribution in [0.4, 0.5) is 0 Å². The highest BCUT2D eigenvalue weighted by molar-refractivity contribution is 7.98. The van der Waals surface area contributed by atoms with E-state index in [1.807, 2.05) is 12.1 Å². The van der Waals surface area contributed by atoms with Crippen LogP contribution in [0.25, 0.3) is 10.8 Å². The number of thiazole rings is 1. The first-order chi connectivity index (χ1) is 11.9. The first kappa shape index (κ1) is 15.6. The largest absolute Gasteiger partial charge is 0.462 e. The van der Waals surface area contributed by atoms with Gasteiger partial charge < -0.3 is 8.98 Å². The van der Waals surface area contributed by atoms with Crippen LogP contribution in [0.3, 0.4) is 0 Å². The first-order valence-corrected chi connectivity index (χ1v) is 10.1. The molecule has 0 aliphatic rings. The van der Waals surface area contributed by atoms with Crippen molar-refractivity contribution in [3.63, 3.8) is 0 Å². The molecule has 0 spiro atoms. The van der Waals surface area contributed by atoms with Gasteiger partial charge in [-0.1, -0.05) is 17.8 Å². The molecule has 0 aromatic carbocycles. The number of thioether (sulfide) groups is 1. The standard InChI is InChI=1S/C16H14N4OS3/c1-4-14(21-7-1)15-18-12(9-23-15)10-24-16-19-17-11-20(16)6-5-13-3-2-8-22-13/h1-4,7-9,11H,5-6,10H2. The quantitative estimate of drug-likeness (QED) is 0.443. The Hall–Kier alpha value is -1.90. The second-order valence-electron chi connectivity index (χ2n) is 5.05. The number of furan rings is 1. The zero-order valence-corrected chi connectivity index (χ0v) is 15.1. The van der Waals surface area contributed by atoms with Gasteiger partial charge in [-0.05, 0) is 30.0 Å². The van der Waals surface area contributed by atoms with Gasteiger partial charge in [-0.15, -0.1) is 32.9 Å². The van der Waals surface area contributed by atoms with E-state index >= 15 is 0 Å². The maximum Gasteiger partial charge on any atom is 0.191 e. The van der Waals surface area contributed by atoms with Crippen LogP contribution in [0.2, 0.25) is 0 Å². The van der Waals surface area contributed by atoms with Crippen molar-refractivity contribution in [3.8, 4) is 10.8 Å². The molecule has 4 heterocycles. The second-order valence-corrected chi connectivity index (χ2v) is 7.88. The molecule has 0 bridgehead atoms. The van der Waals surface area contributed by atoms with E-state index in [0.29, 0.717) is 0 Å². The van der Waals surface area contributed by atoms with Gasteiger partial charge in [0.1, 0.15) is 6.33 Å². The van der Waals surface area contributed by atoms with Crippen molar-refractivity contribution in [2.24, 2.45) is 0 Å². The van der Waals surface area contributed by atoms with Gasteiger partial charge in [0.2, 0.25) is 0 Å². The highest BCUT2D eigenvalue weighted by atomic mass is 32.2. The summed E-state index contributed by atoms with van der Waals surface area (Å²) in [5.74, 6) is 1.59. The molecule has 0 N–H and O–H groups in total. The third-order valence-electron chi connectivity index (χ3n) is 3.39. The van der Waals surface area contributed by atoms with Crippen molar-refractivity contribution in [2.45, 2.75) is 23.9 Å². The Morgan fingerprint density at radius 3 is 3.04 bits per heavy atom. The van der Waals surface area contributed by atoms with Crippen LogP contribution >= 0.6 is 34.4 Å².